The molecule has 1 aromatic carbocycles. The summed E-state index contributed by atoms with van der Waals surface area (Å²) in [5, 5.41) is 6.81. The highest BCUT2D eigenvalue weighted by atomic mass is 35.5. The third-order valence-corrected chi connectivity index (χ3v) is 9.43. The molecular formula is C23H31ClN4O5S2. The normalized spacial score (nSPS) is 19.3. The summed E-state index contributed by atoms with van der Waals surface area (Å²) in [4.78, 5) is 26.5. The Kier molecular flexibility index (Phi) is 7.71. The molecule has 1 fully saturated rings. The maximum absolute atomic E-state index is 13.0. The Labute approximate surface area is 215 Å². The van der Waals surface area contributed by atoms with Crippen LogP contribution < -0.4 is 16.4 Å². The number of fused-ring (bicyclic) bond motifs is 1. The van der Waals surface area contributed by atoms with Crippen LogP contribution in [0.1, 0.15) is 58.9 Å². The SMILES string of the molecule is CC1(C)Cc2c(sc(NC(=O)c3ccc(S(=O)(=O)N4CCOCC4)cc3)c2C(N)=O)C(C)(C)N1.Cl. The molecule has 3 heterocycles. The summed E-state index contributed by atoms with van der Waals surface area (Å²) < 4.78 is 32.2. The van der Waals surface area contributed by atoms with Gasteiger partial charge in [0.25, 0.3) is 11.8 Å². The number of nitrogens with one attached hydrogen (secondary N) is 2. The standard InChI is InChI=1S/C23H30N4O5S2.ClH/c1-22(2)13-16-17(19(24)28)21(33-18(16)23(3,4)26-22)25-20(29)14-5-7-15(8-6-14)34(30,31)27-9-11-32-12-10-27;/h5-8,26H,9-13H2,1-4H3,(H2,24,28)(H,25,29);1H. The quantitative estimate of drug-likeness (QED) is 0.532. The Balaban J connectivity index is 0.00000342. The van der Waals surface area contributed by atoms with Gasteiger partial charge in [-0.15, -0.1) is 23.7 Å². The molecule has 9 nitrogen and oxygen atoms in total. The summed E-state index contributed by atoms with van der Waals surface area (Å²) in [5.41, 5.74) is 6.55. The van der Waals surface area contributed by atoms with Crippen LogP contribution in [0, 0.1) is 0 Å². The van der Waals surface area contributed by atoms with Crippen LogP contribution in [0.5, 0.6) is 0 Å². The van der Waals surface area contributed by atoms with E-state index in [-0.39, 0.29) is 28.4 Å². The van der Waals surface area contributed by atoms with E-state index in [9.17, 15) is 18.0 Å². The van der Waals surface area contributed by atoms with Gasteiger partial charge in [0.05, 0.1) is 23.7 Å². The number of anilines is 1. The fourth-order valence-corrected chi connectivity index (χ4v) is 7.45. The Hall–Kier alpha value is -2.02. The van der Waals surface area contributed by atoms with E-state index in [0.717, 1.165) is 10.4 Å². The smallest absolute Gasteiger partial charge is 0.256 e. The van der Waals surface area contributed by atoms with Crippen LogP contribution in [0.4, 0.5) is 5.00 Å². The number of amides is 2. The molecule has 2 aliphatic heterocycles. The summed E-state index contributed by atoms with van der Waals surface area (Å²) in [7, 11) is -3.65. The molecule has 0 radical (unpaired) electrons. The number of sulfonamides is 1. The average molecular weight is 543 g/mol. The predicted octanol–water partition coefficient (Wildman–Crippen LogP) is 2.70. The fourth-order valence-electron chi connectivity index (χ4n) is 4.77. The van der Waals surface area contributed by atoms with E-state index in [0.29, 0.717) is 43.3 Å². The first-order valence-corrected chi connectivity index (χ1v) is 13.3. The van der Waals surface area contributed by atoms with Gasteiger partial charge in [-0.25, -0.2) is 8.42 Å². The minimum Gasteiger partial charge on any atom is -0.379 e. The molecule has 1 saturated heterocycles. The molecular weight excluding hydrogens is 512 g/mol. The zero-order valence-electron chi connectivity index (χ0n) is 20.1. The molecule has 192 valence electrons. The first-order valence-electron chi connectivity index (χ1n) is 11.1. The van der Waals surface area contributed by atoms with E-state index in [2.05, 4.69) is 24.5 Å². The maximum Gasteiger partial charge on any atom is 0.256 e. The number of morpholine rings is 1. The number of nitrogens with zero attached hydrogens (tertiary/aromatic N) is 1. The molecule has 0 aliphatic carbocycles. The van der Waals surface area contributed by atoms with Crippen LogP contribution in [-0.2, 0) is 26.7 Å². The lowest BCUT2D eigenvalue weighted by molar-refractivity contribution is 0.0730. The number of nitrogens with two attached hydrogens (primary N) is 1. The summed E-state index contributed by atoms with van der Waals surface area (Å²) in [6, 6.07) is 5.77. The molecule has 0 saturated carbocycles. The molecule has 0 spiro atoms. The lowest BCUT2D eigenvalue weighted by atomic mass is 9.81. The molecule has 2 aliphatic rings. The van der Waals surface area contributed by atoms with E-state index in [1.165, 1.54) is 39.9 Å². The molecule has 1 aromatic heterocycles. The van der Waals surface area contributed by atoms with Gasteiger partial charge < -0.3 is 21.1 Å². The Morgan fingerprint density at radius 1 is 1.11 bits per heavy atom. The minimum atomic E-state index is -3.65. The van der Waals surface area contributed by atoms with Crippen LogP contribution in [0.15, 0.2) is 29.2 Å². The van der Waals surface area contributed by atoms with E-state index in [1.807, 2.05) is 13.8 Å². The van der Waals surface area contributed by atoms with Crippen molar-refractivity contribution in [2.75, 3.05) is 31.6 Å². The molecule has 0 bridgehead atoms. The summed E-state index contributed by atoms with van der Waals surface area (Å²) in [6.45, 7) is 9.50. The number of halogens is 1. The first-order chi connectivity index (χ1) is 15.8. The van der Waals surface area contributed by atoms with Gasteiger partial charge in [-0.2, -0.15) is 4.31 Å². The van der Waals surface area contributed by atoms with Gasteiger partial charge in [-0.1, -0.05) is 0 Å². The third-order valence-electron chi connectivity index (χ3n) is 6.04. The largest absolute Gasteiger partial charge is 0.379 e. The predicted molar refractivity (Wildman–Crippen MR) is 138 cm³/mol. The van der Waals surface area contributed by atoms with E-state index >= 15 is 0 Å². The second kappa shape index (κ2) is 9.79. The molecule has 0 atom stereocenters. The molecule has 4 rings (SSSR count). The van der Waals surface area contributed by atoms with Crippen molar-refractivity contribution in [1.29, 1.82) is 0 Å². The first kappa shape index (κ1) is 27.6. The number of primary amides is 1. The van der Waals surface area contributed by atoms with Crippen molar-refractivity contribution in [2.24, 2.45) is 5.73 Å². The number of carbonyl (C=O) groups is 2. The number of hydrogen-bond acceptors (Lipinski definition) is 7. The molecule has 2 aromatic rings. The molecule has 4 N–H and O–H groups in total. The van der Waals surface area contributed by atoms with Gasteiger partial charge >= 0.3 is 0 Å². The molecule has 0 unspecified atom stereocenters. The zero-order chi connectivity index (χ0) is 24.9. The highest BCUT2D eigenvalue weighted by Crippen LogP contribution is 2.45. The van der Waals surface area contributed by atoms with Crippen molar-refractivity contribution in [3.05, 3.63) is 45.8 Å². The minimum absolute atomic E-state index is 0. The van der Waals surface area contributed by atoms with Crippen molar-refractivity contribution in [3.8, 4) is 0 Å². The lowest BCUT2D eigenvalue weighted by Gasteiger charge is -2.42. The van der Waals surface area contributed by atoms with E-state index in [1.54, 1.807) is 0 Å². The Morgan fingerprint density at radius 3 is 2.29 bits per heavy atom. The van der Waals surface area contributed by atoms with Crippen LogP contribution in [0.25, 0.3) is 0 Å². The van der Waals surface area contributed by atoms with E-state index < -0.39 is 27.4 Å². The second-order valence-corrected chi connectivity index (χ2v) is 12.7. The molecule has 2 amide bonds. The van der Waals surface area contributed by atoms with Gasteiger partial charge in [0.2, 0.25) is 10.0 Å². The number of ether oxygens (including phenoxy) is 1. The Morgan fingerprint density at radius 2 is 1.71 bits per heavy atom. The van der Waals surface area contributed by atoms with Crippen LogP contribution in [0.3, 0.4) is 0 Å². The molecule has 35 heavy (non-hydrogen) atoms. The summed E-state index contributed by atoms with van der Waals surface area (Å²) in [6.07, 6.45) is 0.602. The van der Waals surface area contributed by atoms with Gasteiger partial charge in [0.1, 0.15) is 5.00 Å². The summed E-state index contributed by atoms with van der Waals surface area (Å²) >= 11 is 1.34. The van der Waals surface area contributed by atoms with Crippen LogP contribution in [-0.4, -0.2) is 56.4 Å². The zero-order valence-corrected chi connectivity index (χ0v) is 22.6. The second-order valence-electron chi connectivity index (χ2n) is 9.78. The average Bonchev–Trinajstić information content (AvgIpc) is 3.11. The maximum atomic E-state index is 13.0. The monoisotopic (exact) mass is 542 g/mol. The Bertz CT molecular complexity index is 1230. The van der Waals surface area contributed by atoms with Crippen molar-refractivity contribution in [3.63, 3.8) is 0 Å². The third kappa shape index (κ3) is 5.40. The molecule has 12 heteroatoms. The number of hydrogen-bond donors (Lipinski definition) is 3. The highest BCUT2D eigenvalue weighted by Gasteiger charge is 2.41. The van der Waals surface area contributed by atoms with Gasteiger partial charge in [-0.05, 0) is 63.9 Å². The van der Waals surface area contributed by atoms with Gasteiger partial charge in [0.15, 0.2) is 0 Å². The number of benzene rings is 1. The number of carbonyl (C=O) groups excluding carboxylic acids is 2. The highest BCUT2D eigenvalue weighted by molar-refractivity contribution is 7.89. The van der Waals surface area contributed by atoms with Crippen molar-refractivity contribution < 1.29 is 22.7 Å². The van der Waals surface area contributed by atoms with Crippen molar-refractivity contribution in [1.82, 2.24) is 9.62 Å². The van der Waals surface area contributed by atoms with E-state index in [4.69, 9.17) is 10.5 Å². The number of rotatable bonds is 5. The number of thiophene rings is 1. The van der Waals surface area contributed by atoms with Gasteiger partial charge in [-0.3, -0.25) is 9.59 Å². The van der Waals surface area contributed by atoms with Crippen LogP contribution in [0.2, 0.25) is 0 Å². The van der Waals surface area contributed by atoms with Crippen molar-refractivity contribution in [2.45, 2.75) is 50.1 Å². The lowest BCUT2D eigenvalue weighted by Crippen LogP contribution is -2.55. The van der Waals surface area contributed by atoms with Crippen molar-refractivity contribution >= 4 is 50.6 Å². The van der Waals surface area contributed by atoms with Crippen LogP contribution >= 0.6 is 23.7 Å². The topological polar surface area (TPSA) is 131 Å². The summed E-state index contributed by atoms with van der Waals surface area (Å²) in [5.74, 6) is -1.03. The van der Waals surface area contributed by atoms with Gasteiger partial charge in [0, 0.05) is 34.6 Å². The fraction of sp³-hybridized carbons (Fsp3) is 0.478.